The van der Waals surface area contributed by atoms with Crippen LogP contribution in [-0.2, 0) is 9.47 Å². The lowest BCUT2D eigenvalue weighted by molar-refractivity contribution is 0.0444. The molecule has 2 aromatic carbocycles. The van der Waals surface area contributed by atoms with Crippen LogP contribution >= 0.6 is 0 Å². The summed E-state index contributed by atoms with van der Waals surface area (Å²) in [6, 6.07) is 6.06. The van der Waals surface area contributed by atoms with Crippen molar-refractivity contribution in [3.05, 3.63) is 59.2 Å². The zero-order valence-electron chi connectivity index (χ0n) is 15.7. The van der Waals surface area contributed by atoms with Gasteiger partial charge in [-0.25, -0.2) is 8.78 Å². The third-order valence-electron chi connectivity index (χ3n) is 3.56. The third kappa shape index (κ3) is 5.51. The Bertz CT molecular complexity index is 822. The number of hydrogen-bond acceptors (Lipinski definition) is 6. The van der Waals surface area contributed by atoms with E-state index >= 15 is 0 Å². The quantitative estimate of drug-likeness (QED) is 0.347. The van der Waals surface area contributed by atoms with Crippen LogP contribution in [-0.4, -0.2) is 40.7 Å². The summed E-state index contributed by atoms with van der Waals surface area (Å²) in [6.07, 6.45) is 2.37. The van der Waals surface area contributed by atoms with Crippen LogP contribution in [0.3, 0.4) is 0 Å². The van der Waals surface area contributed by atoms with Gasteiger partial charge in [-0.15, -0.1) is 0 Å². The highest BCUT2D eigenvalue weighted by atomic mass is 19.1. The molecule has 0 N–H and O–H groups in total. The fourth-order valence-electron chi connectivity index (χ4n) is 2.28. The minimum atomic E-state index is -0.787. The van der Waals surface area contributed by atoms with Crippen LogP contribution in [0, 0.1) is 11.6 Å². The summed E-state index contributed by atoms with van der Waals surface area (Å²) < 4.78 is 52.7. The first kappa shape index (κ1) is 21.3. The van der Waals surface area contributed by atoms with Crippen LogP contribution in [0.5, 0.6) is 17.2 Å². The van der Waals surface area contributed by atoms with Gasteiger partial charge in [0.15, 0.2) is 19.4 Å². The van der Waals surface area contributed by atoms with Gasteiger partial charge in [0.2, 0.25) is 0 Å². The predicted molar refractivity (Wildman–Crippen MR) is 97.7 cm³/mol. The van der Waals surface area contributed by atoms with Gasteiger partial charge in [0.25, 0.3) is 0 Å². The third-order valence-corrected chi connectivity index (χ3v) is 3.56. The summed E-state index contributed by atoms with van der Waals surface area (Å²) in [6.45, 7) is -0.235. The van der Waals surface area contributed by atoms with Gasteiger partial charge in [0, 0.05) is 38.0 Å². The number of benzene rings is 2. The number of ether oxygens (including phenoxy) is 5. The molecule has 0 aliphatic carbocycles. The van der Waals surface area contributed by atoms with Crippen LogP contribution in [0.4, 0.5) is 8.78 Å². The Balaban J connectivity index is 2.43. The molecule has 2 aromatic rings. The highest BCUT2D eigenvalue weighted by Crippen LogP contribution is 2.35. The summed E-state index contributed by atoms with van der Waals surface area (Å²) in [5.74, 6) is -1.32. The minimum Gasteiger partial charge on any atom is -0.496 e. The summed E-state index contributed by atoms with van der Waals surface area (Å²) in [7, 11) is 4.32. The molecule has 0 heterocycles. The molecule has 0 aromatic heterocycles. The molecule has 0 atom stereocenters. The van der Waals surface area contributed by atoms with Gasteiger partial charge >= 0.3 is 0 Å². The monoisotopic (exact) mass is 394 g/mol. The summed E-state index contributed by atoms with van der Waals surface area (Å²) >= 11 is 0. The van der Waals surface area contributed by atoms with Gasteiger partial charge < -0.3 is 23.7 Å². The average Bonchev–Trinajstić information content (AvgIpc) is 2.69. The number of allylic oxidation sites excluding steroid dienone is 1. The van der Waals surface area contributed by atoms with E-state index in [0.29, 0.717) is 5.75 Å². The first-order valence-corrected chi connectivity index (χ1v) is 8.13. The van der Waals surface area contributed by atoms with Gasteiger partial charge in [0.05, 0.1) is 7.11 Å². The maximum absolute atomic E-state index is 13.8. The number of rotatable bonds is 10. The van der Waals surface area contributed by atoms with Crippen molar-refractivity contribution in [3.63, 3.8) is 0 Å². The normalized spacial score (nSPS) is 10.9. The maximum atomic E-state index is 13.8. The fraction of sp³-hybridized carbons (Fsp3) is 0.250. The number of ketones is 1. The SMILES string of the molecule is COCOc1cc(OC)cc(OCOC)c1C(=O)/C=C/c1ccc(F)cc1F. The van der Waals surface area contributed by atoms with Crippen molar-refractivity contribution in [1.29, 1.82) is 0 Å². The molecule has 0 saturated heterocycles. The Morgan fingerprint density at radius 2 is 1.57 bits per heavy atom. The summed E-state index contributed by atoms with van der Waals surface area (Å²) in [5, 5.41) is 0. The Hall–Kier alpha value is -2.97. The van der Waals surface area contributed by atoms with Crippen LogP contribution in [0.2, 0.25) is 0 Å². The molecule has 0 fully saturated rings. The van der Waals surface area contributed by atoms with Crippen LogP contribution in [0.15, 0.2) is 36.4 Å². The first-order valence-electron chi connectivity index (χ1n) is 8.13. The zero-order valence-corrected chi connectivity index (χ0v) is 15.7. The Kier molecular flexibility index (Phi) is 7.91. The highest BCUT2D eigenvalue weighted by molar-refractivity contribution is 6.10. The van der Waals surface area contributed by atoms with Gasteiger partial charge in [-0.1, -0.05) is 0 Å². The molecule has 2 rings (SSSR count). The second-order valence-electron chi connectivity index (χ2n) is 5.46. The molecule has 0 aliphatic heterocycles. The summed E-state index contributed by atoms with van der Waals surface area (Å²) in [5.41, 5.74) is 0.135. The predicted octanol–water partition coefficient (Wildman–Crippen LogP) is 3.83. The van der Waals surface area contributed by atoms with E-state index in [1.54, 1.807) is 0 Å². The standard InChI is InChI=1S/C20H20F2O6/c1-24-11-27-18-9-15(26-3)10-19(28-12-25-2)20(18)17(23)7-5-13-4-6-14(21)8-16(13)22/h4-10H,11-12H2,1-3H3/b7-5+. The number of hydrogen-bond donors (Lipinski definition) is 0. The molecule has 0 bridgehead atoms. The number of methoxy groups -OCH3 is 3. The van der Waals surface area contributed by atoms with Crippen molar-refractivity contribution in [2.45, 2.75) is 0 Å². The maximum Gasteiger partial charge on any atom is 0.193 e. The Labute approximate surface area is 161 Å². The largest absolute Gasteiger partial charge is 0.496 e. The van der Waals surface area contributed by atoms with E-state index in [9.17, 15) is 13.6 Å². The molecule has 28 heavy (non-hydrogen) atoms. The van der Waals surface area contributed by atoms with E-state index in [0.717, 1.165) is 18.2 Å². The van der Waals surface area contributed by atoms with Crippen LogP contribution in [0.1, 0.15) is 15.9 Å². The van der Waals surface area contributed by atoms with Crippen molar-refractivity contribution in [3.8, 4) is 17.2 Å². The fourth-order valence-corrected chi connectivity index (χ4v) is 2.28. The second kappa shape index (κ2) is 10.4. The molecule has 0 amide bonds. The van der Waals surface area contributed by atoms with E-state index < -0.39 is 17.4 Å². The molecule has 150 valence electrons. The van der Waals surface area contributed by atoms with Gasteiger partial charge in [-0.2, -0.15) is 0 Å². The lowest BCUT2D eigenvalue weighted by atomic mass is 10.1. The van der Waals surface area contributed by atoms with Crippen LogP contribution in [0.25, 0.3) is 6.08 Å². The second-order valence-corrected chi connectivity index (χ2v) is 5.46. The highest BCUT2D eigenvalue weighted by Gasteiger charge is 2.20. The van der Waals surface area contributed by atoms with E-state index in [-0.39, 0.29) is 36.2 Å². The van der Waals surface area contributed by atoms with Crippen molar-refractivity contribution in [2.75, 3.05) is 34.9 Å². The first-order chi connectivity index (χ1) is 13.5. The molecule has 0 radical (unpaired) electrons. The van der Waals surface area contributed by atoms with Crippen molar-refractivity contribution < 1.29 is 37.3 Å². The van der Waals surface area contributed by atoms with Gasteiger partial charge in [0.1, 0.15) is 34.4 Å². The topological polar surface area (TPSA) is 63.2 Å². The molecule has 0 saturated carbocycles. The Morgan fingerprint density at radius 1 is 0.964 bits per heavy atom. The van der Waals surface area contributed by atoms with Crippen molar-refractivity contribution in [2.24, 2.45) is 0 Å². The number of halogens is 2. The minimum absolute atomic E-state index is 0.0574. The van der Waals surface area contributed by atoms with Crippen molar-refractivity contribution in [1.82, 2.24) is 0 Å². The van der Waals surface area contributed by atoms with Gasteiger partial charge in [-0.05, 0) is 24.3 Å². The zero-order chi connectivity index (χ0) is 20.5. The molecule has 6 nitrogen and oxygen atoms in total. The van der Waals surface area contributed by atoms with Crippen molar-refractivity contribution >= 4 is 11.9 Å². The number of carbonyl (C=O) groups excluding carboxylic acids is 1. The van der Waals surface area contributed by atoms with Gasteiger partial charge in [-0.3, -0.25) is 4.79 Å². The molecule has 0 unspecified atom stereocenters. The molecule has 0 spiro atoms. The smallest absolute Gasteiger partial charge is 0.193 e. The lowest BCUT2D eigenvalue weighted by Gasteiger charge is -2.15. The molecular formula is C20H20F2O6. The molecule has 8 heteroatoms. The van der Waals surface area contributed by atoms with E-state index in [1.165, 1.54) is 45.6 Å². The number of carbonyl (C=O) groups is 1. The van der Waals surface area contributed by atoms with E-state index in [2.05, 4.69) is 0 Å². The Morgan fingerprint density at radius 3 is 2.07 bits per heavy atom. The van der Waals surface area contributed by atoms with Crippen LogP contribution < -0.4 is 14.2 Å². The molecule has 0 aliphatic rings. The molecular weight excluding hydrogens is 374 g/mol. The lowest BCUT2D eigenvalue weighted by Crippen LogP contribution is -2.09. The van der Waals surface area contributed by atoms with E-state index in [4.69, 9.17) is 23.7 Å². The van der Waals surface area contributed by atoms with E-state index in [1.807, 2.05) is 0 Å². The summed E-state index contributed by atoms with van der Waals surface area (Å²) in [4.78, 5) is 12.8. The average molecular weight is 394 g/mol.